The van der Waals surface area contributed by atoms with Crippen LogP contribution in [0.2, 0.25) is 30.1 Å². The van der Waals surface area contributed by atoms with Gasteiger partial charge < -0.3 is 64.2 Å². The van der Waals surface area contributed by atoms with Gasteiger partial charge in [-0.2, -0.15) is 15.3 Å². The number of carbonyl (C=O) groups excluding carboxylic acids is 5. The monoisotopic (exact) mass is 1680 g/mol. The zero-order valence-electron chi connectivity index (χ0n) is 66.6. The van der Waals surface area contributed by atoms with E-state index in [1.54, 1.807) is 139 Å². The van der Waals surface area contributed by atoms with Crippen molar-refractivity contribution >= 4 is 105 Å². The van der Waals surface area contributed by atoms with Gasteiger partial charge in [-0.05, 0) is 184 Å². The first-order valence-corrected chi connectivity index (χ1v) is 38.9. The Morgan fingerprint density at radius 2 is 0.730 bits per heavy atom. The first-order chi connectivity index (χ1) is 53.2. The number of hydrogen-bond donors (Lipinski definition) is 2. The van der Waals surface area contributed by atoms with Crippen LogP contribution in [0.15, 0.2) is 91.0 Å². The summed E-state index contributed by atoms with van der Waals surface area (Å²) in [5, 5.41) is 26.5. The molecule has 2 unspecified atom stereocenters. The van der Waals surface area contributed by atoms with Crippen LogP contribution in [0, 0.1) is 17.8 Å². The minimum absolute atomic E-state index is 0. The molecule has 4 amide bonds. The fourth-order valence-electron chi connectivity index (χ4n) is 14.3. The van der Waals surface area contributed by atoms with Gasteiger partial charge in [-0.1, -0.05) is 69.6 Å². The number of amides is 4. The second-order valence-electron chi connectivity index (χ2n) is 31.7. The topological polar surface area (TPSA) is 306 Å². The van der Waals surface area contributed by atoms with Gasteiger partial charge in [0.05, 0.1) is 73.9 Å². The molecule has 0 bridgehead atoms. The van der Waals surface area contributed by atoms with E-state index in [9.17, 15) is 33.9 Å². The van der Waals surface area contributed by atoms with E-state index in [-0.39, 0.29) is 120 Å². The van der Waals surface area contributed by atoms with Crippen LogP contribution in [-0.4, -0.2) is 156 Å². The van der Waals surface area contributed by atoms with Gasteiger partial charge in [0.1, 0.15) is 54.3 Å². The number of primary amides is 1. The van der Waals surface area contributed by atoms with E-state index < -0.39 is 28.5 Å². The fourth-order valence-corrected chi connectivity index (χ4v) is 15.8. The van der Waals surface area contributed by atoms with Crippen molar-refractivity contribution in [1.29, 1.82) is 0 Å². The minimum Gasteiger partial charge on any atom is -0.870 e. The Morgan fingerprint density at radius 3 is 0.974 bits per heavy atom. The number of carbonyl (C=O) groups is 6. The van der Waals surface area contributed by atoms with Crippen LogP contribution >= 0.6 is 69.6 Å². The molecule has 6 aromatic carbocycles. The normalized spacial score (nSPS) is 17.5. The average molecular weight is 1680 g/mol. The van der Waals surface area contributed by atoms with Crippen LogP contribution in [0.25, 0.3) is 50.8 Å². The van der Waals surface area contributed by atoms with Gasteiger partial charge in [0, 0.05) is 137 Å². The third-order valence-corrected chi connectivity index (χ3v) is 22.8. The molecule has 4 N–H and O–H groups in total. The maximum absolute atomic E-state index is 13.7. The molecule has 6 heterocycles. The van der Waals surface area contributed by atoms with Crippen molar-refractivity contribution in [2.45, 2.75) is 143 Å². The molecule has 3 aliphatic carbocycles. The largest absolute Gasteiger partial charge is 1.00 e. The maximum atomic E-state index is 13.7. The summed E-state index contributed by atoms with van der Waals surface area (Å²) in [7, 11) is 9.98. The van der Waals surface area contributed by atoms with E-state index >= 15 is 0 Å². The number of benzene rings is 6. The van der Waals surface area contributed by atoms with E-state index in [2.05, 4.69) is 0 Å². The predicted molar refractivity (Wildman–Crippen MR) is 433 cm³/mol. The van der Waals surface area contributed by atoms with E-state index in [4.69, 9.17) is 124 Å². The van der Waals surface area contributed by atoms with Crippen LogP contribution < -0.4 is 53.0 Å². The van der Waals surface area contributed by atoms with Gasteiger partial charge >= 0.3 is 30.8 Å². The number of aliphatic carboxylic acids is 1. The molecule has 32 heteroatoms. The van der Waals surface area contributed by atoms with E-state index in [0.29, 0.717) is 147 Å². The van der Waals surface area contributed by atoms with Gasteiger partial charge in [-0.3, -0.25) is 28.8 Å². The van der Waals surface area contributed by atoms with Gasteiger partial charge in [-0.15, -0.1) is 0 Å². The van der Waals surface area contributed by atoms with Crippen molar-refractivity contribution < 1.29 is 91.4 Å². The molecular formula is C83H87Cl6LiN10O15. The summed E-state index contributed by atoms with van der Waals surface area (Å²) in [5.74, 6) is 0.268. The van der Waals surface area contributed by atoms with Crippen molar-refractivity contribution in [3.8, 4) is 85.3 Å². The smallest absolute Gasteiger partial charge is 0.870 e. The van der Waals surface area contributed by atoms with Crippen LogP contribution in [0.4, 0.5) is 0 Å². The summed E-state index contributed by atoms with van der Waals surface area (Å²) in [4.78, 5) is 81.8. The third kappa shape index (κ3) is 17.1. The summed E-state index contributed by atoms with van der Waals surface area (Å²) in [6.07, 6.45) is 1.86. The van der Waals surface area contributed by atoms with Crippen molar-refractivity contribution in [1.82, 2.24) is 44.0 Å². The second-order valence-corrected chi connectivity index (χ2v) is 34.3. The molecule has 0 radical (unpaired) electrons. The predicted octanol–water partition coefficient (Wildman–Crippen LogP) is 14.1. The Labute approximate surface area is 707 Å². The fraction of sp³-hybridized carbons (Fsp3) is 0.386. The van der Waals surface area contributed by atoms with E-state index in [0.717, 1.165) is 27.8 Å². The molecule has 3 aromatic heterocycles. The van der Waals surface area contributed by atoms with Gasteiger partial charge in [-0.25, -0.2) is 14.0 Å². The molecule has 3 saturated carbocycles. The number of rotatable bonds is 16. The number of halogens is 6. The van der Waals surface area contributed by atoms with Gasteiger partial charge in [0.25, 0.3) is 17.7 Å². The van der Waals surface area contributed by atoms with Crippen LogP contribution in [0.5, 0.6) is 34.5 Å². The molecule has 0 saturated heterocycles. The van der Waals surface area contributed by atoms with Crippen molar-refractivity contribution in [3.63, 3.8) is 0 Å². The number of ether oxygens (including phenoxy) is 7. The summed E-state index contributed by atoms with van der Waals surface area (Å²) in [5.41, 5.74) is 15.6. The maximum Gasteiger partial charge on any atom is 1.00 e. The first-order valence-electron chi connectivity index (χ1n) is 36.6. The number of carboxylic acid groups (broad SMARTS) is 1. The van der Waals surface area contributed by atoms with Crippen LogP contribution in [0.1, 0.15) is 171 Å². The molecule has 3 fully saturated rings. The summed E-state index contributed by atoms with van der Waals surface area (Å²) in [6.45, 7) is 20.2. The van der Waals surface area contributed by atoms with Gasteiger partial charge in [0.15, 0.2) is 17.1 Å². The number of nitrogens with zero attached hydrogens (tertiary/aromatic N) is 9. The van der Waals surface area contributed by atoms with Gasteiger partial charge in [0.2, 0.25) is 5.91 Å². The Morgan fingerprint density at radius 1 is 0.461 bits per heavy atom. The Balaban J connectivity index is 0.000000168. The SMILES string of the molecule is CCOC(=O)[C@H]1CC1c1cc2c(cc1OC)OCc1c(C(=O)N(C)C(C)(C)C)nn(-c3cc(Cl)cc(Cl)c3)c1-2.COc1cc2c(cc1C1C[C@@H]1C(N)=O)-c1c(c(C(=O)N(C)C(C)(C)C)nn1-c1cc(Cl)cc(Cl)c1)CO2.COc1cc2c(cc1[C@H]1C[C@@H]1C(=O)O)-c1c(c(C(=O)N(C)C(C)(C)C)nn1-c1cc(Cl)cc(Cl)c1)CO2.[Li+].[OH-]. The molecule has 9 aromatic rings. The van der Waals surface area contributed by atoms with Crippen molar-refractivity contribution in [2.24, 2.45) is 23.5 Å². The molecular weight excluding hydrogens is 1600 g/mol. The Kier molecular flexibility index (Phi) is 25.0. The first kappa shape index (κ1) is 86.7. The van der Waals surface area contributed by atoms with Crippen LogP contribution in [-0.2, 0) is 38.9 Å². The standard InChI is InChI=1S/C29H31Cl2N3O5.C27H28Cl2N4O4.C27H27Cl2N3O5.Li.H2O/c1-7-38-28(36)20-11-18(20)19-12-21-24(13-23(19)37-6)39-14-22-25(27(35)33(5)29(2,3)4)32-34(26(21)22)17-9-15(30)8-16(31)10-17;1-27(2,3)32(4)26(35)23-20-12-37-22-11-21(36-5)17(16-9-18(16)25(30)34)10-19(22)24(20)33(31-23)15-7-13(28)6-14(29)8-15;1-27(2,3)31(4)25(33)23-20-12-37-22-11-21(36-5)17(16-9-18(16)26(34)35)10-19(22)24(20)32(30-23)15-7-13(28)6-14(29)8-15;;/h8-10,12-13,18,20H,7,11,14H2,1-6H3;6-8,10-11,16,18H,9,12H2,1-5H3,(H2,30,34);6-8,10-11,16,18H,9,12H2,1-5H3,(H,34,35);;1H2/q;;;+1;/p-1/t18?,20-;16?,18-;16-,18+;;/m001../s1. The quantitative estimate of drug-likeness (QED) is 0.0670. The van der Waals surface area contributed by atoms with E-state index in [1.807, 2.05) is 92.6 Å². The van der Waals surface area contributed by atoms with Crippen molar-refractivity contribution in [3.05, 3.63) is 172 Å². The minimum atomic E-state index is -0.835. The summed E-state index contributed by atoms with van der Waals surface area (Å²) in [6, 6.07) is 26.6. The zero-order chi connectivity index (χ0) is 81.8. The van der Waals surface area contributed by atoms with Crippen LogP contribution in [0.3, 0.4) is 0 Å². The molecule has 6 atom stereocenters. The second kappa shape index (κ2) is 33.1. The van der Waals surface area contributed by atoms with Crippen molar-refractivity contribution in [2.75, 3.05) is 49.1 Å². The molecule has 3 aliphatic heterocycles. The number of esters is 1. The number of aromatic nitrogens is 6. The molecule has 0 spiro atoms. The molecule has 115 heavy (non-hydrogen) atoms. The third-order valence-electron chi connectivity index (χ3n) is 21.5. The molecule has 15 rings (SSSR count). The summed E-state index contributed by atoms with van der Waals surface area (Å²) >= 11 is 38.1. The Hall–Kier alpha value is -9.13. The number of methoxy groups -OCH3 is 3. The number of nitrogens with two attached hydrogens (primary N) is 1. The number of hydrogen-bond acceptors (Lipinski definition) is 17. The number of fused-ring (bicyclic) bond motifs is 9. The average Bonchev–Trinajstić information content (AvgIpc) is 1.57. The van der Waals surface area contributed by atoms with E-state index in [1.165, 1.54) is 0 Å². The number of carboxylic acids is 1. The zero-order valence-corrected chi connectivity index (χ0v) is 71.2. The Bertz CT molecular complexity index is 5140. The molecule has 6 aliphatic rings. The summed E-state index contributed by atoms with van der Waals surface area (Å²) < 4.78 is 45.6. The molecule has 602 valence electrons. The molecule has 25 nitrogen and oxygen atoms in total.